The Balaban J connectivity index is 1.37. The minimum Gasteiger partial charge on any atom is -0.312 e. The first kappa shape index (κ1) is 22.1. The smallest absolute Gasteiger partial charge is 0.0601 e. The van der Waals surface area contributed by atoms with Gasteiger partial charge in [0.15, 0.2) is 0 Å². The Morgan fingerprint density at radius 1 is 0.758 bits per heavy atom. The fourth-order valence-corrected chi connectivity index (χ4v) is 5.96. The van der Waals surface area contributed by atoms with Crippen LogP contribution in [0.4, 0.5) is 0 Å². The fraction of sp³-hybridized carbons (Fsp3) is 0.267. The van der Waals surface area contributed by atoms with Gasteiger partial charge in [0.05, 0.1) is 6.04 Å². The van der Waals surface area contributed by atoms with Gasteiger partial charge in [0.25, 0.3) is 0 Å². The number of hydrogen-bond acceptors (Lipinski definition) is 3. The van der Waals surface area contributed by atoms with Crippen molar-refractivity contribution in [2.45, 2.75) is 30.8 Å². The van der Waals surface area contributed by atoms with E-state index in [1.165, 1.54) is 22.3 Å². The summed E-state index contributed by atoms with van der Waals surface area (Å²) in [7, 11) is 0. The van der Waals surface area contributed by atoms with E-state index in [1.54, 1.807) is 11.3 Å². The number of rotatable bonds is 8. The summed E-state index contributed by atoms with van der Waals surface area (Å²) in [6.07, 6.45) is 2.31. The molecule has 3 aromatic carbocycles. The molecule has 0 unspecified atom stereocenters. The van der Waals surface area contributed by atoms with Crippen molar-refractivity contribution in [2.75, 3.05) is 19.6 Å². The van der Waals surface area contributed by atoms with Gasteiger partial charge in [0.2, 0.25) is 0 Å². The fourth-order valence-electron chi connectivity index (χ4n) is 5.29. The lowest BCUT2D eigenvalue weighted by Crippen LogP contribution is -2.48. The van der Waals surface area contributed by atoms with E-state index in [0.717, 1.165) is 39.0 Å². The van der Waals surface area contributed by atoms with E-state index in [-0.39, 0.29) is 5.41 Å². The first-order valence-corrected chi connectivity index (χ1v) is 12.9. The summed E-state index contributed by atoms with van der Waals surface area (Å²) >= 11 is 1.77. The molecule has 33 heavy (non-hydrogen) atoms. The molecule has 1 saturated heterocycles. The van der Waals surface area contributed by atoms with Crippen molar-refractivity contribution < 1.29 is 0 Å². The number of likely N-dealkylation sites (tertiary alicyclic amines) is 1. The number of nitrogens with one attached hydrogen (secondary N) is 1. The third-order valence-corrected chi connectivity index (χ3v) is 7.84. The molecule has 168 valence electrons. The van der Waals surface area contributed by atoms with Gasteiger partial charge in [-0.2, -0.15) is 11.3 Å². The van der Waals surface area contributed by atoms with Crippen LogP contribution in [0.15, 0.2) is 108 Å². The zero-order valence-electron chi connectivity index (χ0n) is 19.1. The highest BCUT2D eigenvalue weighted by molar-refractivity contribution is 7.07. The molecule has 2 heterocycles. The van der Waals surface area contributed by atoms with Crippen molar-refractivity contribution in [1.82, 2.24) is 10.2 Å². The third-order valence-electron chi connectivity index (χ3n) is 7.11. The molecule has 0 bridgehead atoms. The number of piperidine rings is 1. The van der Waals surface area contributed by atoms with E-state index in [4.69, 9.17) is 0 Å². The molecule has 1 aromatic heterocycles. The molecule has 0 spiro atoms. The van der Waals surface area contributed by atoms with Crippen molar-refractivity contribution in [2.24, 2.45) is 0 Å². The average Bonchev–Trinajstić information content (AvgIpc) is 3.41. The second kappa shape index (κ2) is 10.5. The van der Waals surface area contributed by atoms with E-state index >= 15 is 0 Å². The molecule has 0 saturated carbocycles. The Labute approximate surface area is 201 Å². The quantitative estimate of drug-likeness (QED) is 0.321. The first-order chi connectivity index (χ1) is 16.3. The number of nitrogens with zero attached hydrogens (tertiary/aromatic N) is 1. The lowest BCUT2D eigenvalue weighted by Gasteiger charge is -2.45. The molecular weight excluding hydrogens is 420 g/mol. The van der Waals surface area contributed by atoms with Gasteiger partial charge in [0, 0.05) is 18.5 Å². The van der Waals surface area contributed by atoms with Crippen LogP contribution in [0.2, 0.25) is 0 Å². The van der Waals surface area contributed by atoms with Crippen LogP contribution in [0, 0.1) is 0 Å². The summed E-state index contributed by atoms with van der Waals surface area (Å²) in [6, 6.07) is 35.7. The molecule has 0 aliphatic carbocycles. The number of thiophene rings is 1. The molecule has 5 rings (SSSR count). The zero-order valence-corrected chi connectivity index (χ0v) is 19.9. The van der Waals surface area contributed by atoms with Gasteiger partial charge in [0.1, 0.15) is 0 Å². The minimum absolute atomic E-state index is 0.172. The SMILES string of the molecule is c1ccc(C(c2ccccc2)N2CCC(CNCc3ccsc3)(c3ccccc3)CC2)cc1. The van der Waals surface area contributed by atoms with Crippen LogP contribution >= 0.6 is 11.3 Å². The largest absolute Gasteiger partial charge is 0.312 e. The van der Waals surface area contributed by atoms with Crippen LogP contribution in [0.25, 0.3) is 0 Å². The van der Waals surface area contributed by atoms with Crippen LogP contribution in [-0.4, -0.2) is 24.5 Å². The van der Waals surface area contributed by atoms with Crippen LogP contribution in [0.5, 0.6) is 0 Å². The van der Waals surface area contributed by atoms with Crippen LogP contribution in [-0.2, 0) is 12.0 Å². The van der Waals surface area contributed by atoms with Gasteiger partial charge in [-0.1, -0.05) is 91.0 Å². The van der Waals surface area contributed by atoms with Crippen molar-refractivity contribution in [3.05, 3.63) is 130 Å². The van der Waals surface area contributed by atoms with E-state index in [2.05, 4.69) is 118 Å². The molecule has 1 aliphatic heterocycles. The summed E-state index contributed by atoms with van der Waals surface area (Å²) in [5.74, 6) is 0. The normalized spacial score (nSPS) is 16.2. The molecule has 4 aromatic rings. The van der Waals surface area contributed by atoms with Gasteiger partial charge in [-0.25, -0.2) is 0 Å². The Hall–Kier alpha value is -2.72. The van der Waals surface area contributed by atoms with Crippen LogP contribution < -0.4 is 5.32 Å². The lowest BCUT2D eigenvalue weighted by atomic mass is 9.72. The maximum atomic E-state index is 3.79. The summed E-state index contributed by atoms with van der Waals surface area (Å²) in [4.78, 5) is 2.69. The van der Waals surface area contributed by atoms with Crippen molar-refractivity contribution in [3.8, 4) is 0 Å². The van der Waals surface area contributed by atoms with Gasteiger partial charge >= 0.3 is 0 Å². The van der Waals surface area contributed by atoms with Gasteiger partial charge in [-0.15, -0.1) is 0 Å². The Kier molecular flexibility index (Phi) is 7.01. The summed E-state index contributed by atoms with van der Waals surface area (Å²) in [6.45, 7) is 4.13. The van der Waals surface area contributed by atoms with Gasteiger partial charge < -0.3 is 5.32 Å². The highest BCUT2D eigenvalue weighted by Gasteiger charge is 2.38. The van der Waals surface area contributed by atoms with E-state index < -0.39 is 0 Å². The topological polar surface area (TPSA) is 15.3 Å². The molecule has 0 radical (unpaired) electrons. The van der Waals surface area contributed by atoms with Gasteiger partial charge in [-0.05, 0) is 65.0 Å². The minimum atomic E-state index is 0.172. The number of hydrogen-bond donors (Lipinski definition) is 1. The third kappa shape index (κ3) is 5.11. The molecular formula is C30H32N2S. The van der Waals surface area contributed by atoms with Crippen molar-refractivity contribution >= 4 is 11.3 Å². The standard InChI is InChI=1S/C30H32N2S/c1-4-10-26(11-5-1)29(27-12-6-2-7-13-27)32-19-17-30(18-20-32,28-14-8-3-9-15-28)24-31-22-25-16-21-33-23-25/h1-16,21,23,29,31H,17-20,22,24H2. The molecule has 2 nitrogen and oxygen atoms in total. The monoisotopic (exact) mass is 452 g/mol. The lowest BCUT2D eigenvalue weighted by molar-refractivity contribution is 0.128. The molecule has 1 N–H and O–H groups in total. The molecule has 3 heteroatoms. The predicted molar refractivity (Wildman–Crippen MR) is 140 cm³/mol. The van der Waals surface area contributed by atoms with Crippen LogP contribution in [0.3, 0.4) is 0 Å². The summed E-state index contributed by atoms with van der Waals surface area (Å²) in [5.41, 5.74) is 5.79. The first-order valence-electron chi connectivity index (χ1n) is 12.0. The highest BCUT2D eigenvalue weighted by atomic mass is 32.1. The van der Waals surface area contributed by atoms with Crippen molar-refractivity contribution in [3.63, 3.8) is 0 Å². The number of benzene rings is 3. The molecule has 1 fully saturated rings. The maximum absolute atomic E-state index is 3.79. The Morgan fingerprint density at radius 3 is 1.88 bits per heavy atom. The average molecular weight is 453 g/mol. The van der Waals surface area contributed by atoms with E-state index in [1.807, 2.05) is 0 Å². The molecule has 1 aliphatic rings. The molecule has 0 amide bonds. The Bertz CT molecular complexity index is 1050. The zero-order chi connectivity index (χ0) is 22.3. The van der Waals surface area contributed by atoms with E-state index in [0.29, 0.717) is 6.04 Å². The second-order valence-electron chi connectivity index (χ2n) is 9.14. The Morgan fingerprint density at radius 2 is 1.33 bits per heavy atom. The van der Waals surface area contributed by atoms with Crippen molar-refractivity contribution in [1.29, 1.82) is 0 Å². The highest BCUT2D eigenvalue weighted by Crippen LogP contribution is 2.39. The maximum Gasteiger partial charge on any atom is 0.0601 e. The van der Waals surface area contributed by atoms with Crippen LogP contribution in [0.1, 0.15) is 41.1 Å². The predicted octanol–water partition coefficient (Wildman–Crippen LogP) is 6.66. The summed E-state index contributed by atoms with van der Waals surface area (Å²) in [5, 5.41) is 8.20. The summed E-state index contributed by atoms with van der Waals surface area (Å²) < 4.78 is 0. The van der Waals surface area contributed by atoms with E-state index in [9.17, 15) is 0 Å². The van der Waals surface area contributed by atoms with Gasteiger partial charge in [-0.3, -0.25) is 4.90 Å². The second-order valence-corrected chi connectivity index (χ2v) is 9.92. The molecule has 0 atom stereocenters.